The van der Waals surface area contributed by atoms with Crippen molar-refractivity contribution >= 4 is 5.97 Å². The summed E-state index contributed by atoms with van der Waals surface area (Å²) >= 11 is 0. The summed E-state index contributed by atoms with van der Waals surface area (Å²) in [6.07, 6.45) is 1.55. The molecule has 1 heterocycles. The van der Waals surface area contributed by atoms with Gasteiger partial charge in [0.15, 0.2) is 0 Å². The molecule has 39 heavy (non-hydrogen) atoms. The average Bonchev–Trinajstić information content (AvgIpc) is 3.50. The lowest BCUT2D eigenvalue weighted by Gasteiger charge is -2.18. The molecule has 0 spiro atoms. The van der Waals surface area contributed by atoms with Crippen molar-refractivity contribution in [2.45, 2.75) is 57.2 Å². The SMILES string of the molecule is COC(=O)CC1COc2cc(O[C@@H]3CCc4c(Oc5ccc(OCCC(C)(C)O)cc5)ccc(F)c43)ccc21. The zero-order chi connectivity index (χ0) is 27.6. The summed E-state index contributed by atoms with van der Waals surface area (Å²) in [6, 6.07) is 15.8. The number of hydrogen-bond acceptors (Lipinski definition) is 7. The Kier molecular flexibility index (Phi) is 7.66. The fraction of sp³-hybridized carbons (Fsp3) is 0.387. The molecule has 8 heteroatoms. The lowest BCUT2D eigenvalue weighted by atomic mass is 9.98. The van der Waals surface area contributed by atoms with Crippen LogP contribution in [0.5, 0.6) is 28.7 Å². The van der Waals surface area contributed by atoms with Crippen molar-refractivity contribution in [2.75, 3.05) is 20.3 Å². The van der Waals surface area contributed by atoms with E-state index in [1.165, 1.54) is 13.2 Å². The third-order valence-corrected chi connectivity index (χ3v) is 7.06. The largest absolute Gasteiger partial charge is 0.493 e. The van der Waals surface area contributed by atoms with E-state index in [9.17, 15) is 9.90 Å². The van der Waals surface area contributed by atoms with E-state index in [2.05, 4.69) is 0 Å². The first kappa shape index (κ1) is 26.8. The Morgan fingerprint density at radius 3 is 2.56 bits per heavy atom. The fourth-order valence-electron chi connectivity index (χ4n) is 4.95. The van der Waals surface area contributed by atoms with Crippen LogP contribution in [0.2, 0.25) is 0 Å². The van der Waals surface area contributed by atoms with Gasteiger partial charge in [-0.1, -0.05) is 6.07 Å². The number of carbonyl (C=O) groups is 1. The van der Waals surface area contributed by atoms with Crippen molar-refractivity contribution in [2.24, 2.45) is 0 Å². The minimum absolute atomic E-state index is 0.0563. The summed E-state index contributed by atoms with van der Waals surface area (Å²) in [5.41, 5.74) is 1.46. The third kappa shape index (κ3) is 6.28. The monoisotopic (exact) mass is 536 g/mol. The summed E-state index contributed by atoms with van der Waals surface area (Å²) in [6.45, 7) is 4.30. The van der Waals surface area contributed by atoms with Gasteiger partial charge in [0.25, 0.3) is 0 Å². The van der Waals surface area contributed by atoms with Crippen LogP contribution in [0, 0.1) is 5.82 Å². The molecule has 0 bridgehead atoms. The van der Waals surface area contributed by atoms with Crippen LogP contribution in [0.1, 0.15) is 61.8 Å². The van der Waals surface area contributed by atoms with Crippen molar-refractivity contribution in [1.82, 2.24) is 0 Å². The quantitative estimate of drug-likeness (QED) is 0.306. The molecule has 0 radical (unpaired) electrons. The van der Waals surface area contributed by atoms with Gasteiger partial charge in [-0.3, -0.25) is 4.79 Å². The minimum Gasteiger partial charge on any atom is -0.493 e. The van der Waals surface area contributed by atoms with Crippen LogP contribution in [0.25, 0.3) is 0 Å². The molecule has 0 aromatic heterocycles. The molecule has 1 N–H and O–H groups in total. The van der Waals surface area contributed by atoms with Gasteiger partial charge in [0.2, 0.25) is 0 Å². The Bertz CT molecular complexity index is 1330. The molecule has 2 aliphatic rings. The summed E-state index contributed by atoms with van der Waals surface area (Å²) in [5.74, 6) is 2.47. The minimum atomic E-state index is -0.781. The van der Waals surface area contributed by atoms with E-state index >= 15 is 4.39 Å². The zero-order valence-corrected chi connectivity index (χ0v) is 22.4. The van der Waals surface area contributed by atoms with Gasteiger partial charge in [0, 0.05) is 35.1 Å². The number of esters is 1. The van der Waals surface area contributed by atoms with Gasteiger partial charge >= 0.3 is 5.97 Å². The van der Waals surface area contributed by atoms with Crippen molar-refractivity contribution in [3.63, 3.8) is 0 Å². The zero-order valence-electron chi connectivity index (χ0n) is 22.4. The Hall–Kier alpha value is -3.78. The van der Waals surface area contributed by atoms with Crippen LogP contribution in [0.4, 0.5) is 4.39 Å². The van der Waals surface area contributed by atoms with Crippen molar-refractivity contribution < 1.29 is 38.0 Å². The van der Waals surface area contributed by atoms with Gasteiger partial charge in [-0.2, -0.15) is 0 Å². The highest BCUT2D eigenvalue weighted by Crippen LogP contribution is 2.44. The number of rotatable bonds is 10. The molecule has 0 fully saturated rings. The standard InChI is InChI=1S/C31H33FO7/c1-31(2,34)14-15-36-20-4-6-21(7-5-20)38-26-13-11-25(32)30-24(26)10-12-27(30)39-22-8-9-23-19(16-29(33)35-3)18-37-28(23)17-22/h4-9,11,13,17,19,27,34H,10,12,14-16,18H2,1-3H3/t19?,27-/m1/s1. The summed E-state index contributed by atoms with van der Waals surface area (Å²) in [7, 11) is 1.37. The highest BCUT2D eigenvalue weighted by molar-refractivity contribution is 5.71. The number of aliphatic hydroxyl groups is 1. The highest BCUT2D eigenvalue weighted by Gasteiger charge is 2.32. The normalized spacial score (nSPS) is 17.7. The molecule has 1 unspecified atom stereocenters. The maximum Gasteiger partial charge on any atom is 0.306 e. The van der Waals surface area contributed by atoms with E-state index in [1.807, 2.05) is 12.1 Å². The van der Waals surface area contributed by atoms with Crippen LogP contribution in [-0.2, 0) is 16.0 Å². The number of ether oxygens (including phenoxy) is 5. The fourth-order valence-corrected chi connectivity index (χ4v) is 4.95. The van der Waals surface area contributed by atoms with Crippen molar-refractivity contribution in [1.29, 1.82) is 0 Å². The first-order valence-corrected chi connectivity index (χ1v) is 13.1. The second kappa shape index (κ2) is 11.1. The van der Waals surface area contributed by atoms with Crippen LogP contribution in [0.3, 0.4) is 0 Å². The molecule has 1 aliphatic carbocycles. The molecule has 2 atom stereocenters. The molecule has 0 saturated heterocycles. The average molecular weight is 537 g/mol. The molecule has 0 saturated carbocycles. The molecular weight excluding hydrogens is 503 g/mol. The number of methoxy groups -OCH3 is 1. The van der Waals surface area contributed by atoms with E-state index in [0.717, 1.165) is 11.1 Å². The summed E-state index contributed by atoms with van der Waals surface area (Å²) in [4.78, 5) is 11.7. The van der Waals surface area contributed by atoms with Crippen LogP contribution in [-0.4, -0.2) is 37.0 Å². The highest BCUT2D eigenvalue weighted by atomic mass is 19.1. The van der Waals surface area contributed by atoms with E-state index in [1.54, 1.807) is 50.2 Å². The molecule has 3 aromatic rings. The van der Waals surface area contributed by atoms with Crippen molar-refractivity contribution in [3.05, 3.63) is 77.1 Å². The summed E-state index contributed by atoms with van der Waals surface area (Å²) < 4.78 is 43.6. The smallest absolute Gasteiger partial charge is 0.306 e. The molecular formula is C31H33FO7. The molecule has 1 aliphatic heterocycles. The van der Waals surface area contributed by atoms with E-state index in [0.29, 0.717) is 66.8 Å². The first-order valence-electron chi connectivity index (χ1n) is 13.1. The first-order chi connectivity index (χ1) is 18.7. The Labute approximate surface area is 227 Å². The molecule has 206 valence electrons. The van der Waals surface area contributed by atoms with Gasteiger partial charge < -0.3 is 28.8 Å². The predicted molar refractivity (Wildman–Crippen MR) is 142 cm³/mol. The van der Waals surface area contributed by atoms with Crippen LogP contribution in [0.15, 0.2) is 54.6 Å². The Balaban J connectivity index is 1.26. The van der Waals surface area contributed by atoms with Gasteiger partial charge in [0.05, 0.1) is 32.3 Å². The van der Waals surface area contributed by atoms with Crippen LogP contribution >= 0.6 is 0 Å². The van der Waals surface area contributed by atoms with E-state index in [4.69, 9.17) is 23.7 Å². The second-order valence-corrected chi connectivity index (χ2v) is 10.6. The van der Waals surface area contributed by atoms with E-state index < -0.39 is 11.7 Å². The number of fused-ring (bicyclic) bond motifs is 2. The Morgan fingerprint density at radius 1 is 1.08 bits per heavy atom. The predicted octanol–water partition coefficient (Wildman–Crippen LogP) is 6.26. The van der Waals surface area contributed by atoms with Gasteiger partial charge in [-0.25, -0.2) is 4.39 Å². The maximum absolute atomic E-state index is 15.0. The molecule has 7 nitrogen and oxygen atoms in total. The number of hydrogen-bond donors (Lipinski definition) is 1. The lowest BCUT2D eigenvalue weighted by molar-refractivity contribution is -0.141. The van der Waals surface area contributed by atoms with Crippen LogP contribution < -0.4 is 18.9 Å². The third-order valence-electron chi connectivity index (χ3n) is 7.06. The number of carbonyl (C=O) groups excluding carboxylic acids is 1. The van der Waals surface area contributed by atoms with Gasteiger partial charge in [-0.15, -0.1) is 0 Å². The van der Waals surface area contributed by atoms with Gasteiger partial charge in [-0.05, 0) is 69.2 Å². The lowest BCUT2D eigenvalue weighted by Crippen LogP contribution is -2.21. The molecule has 5 rings (SSSR count). The number of benzene rings is 3. The Morgan fingerprint density at radius 2 is 1.82 bits per heavy atom. The van der Waals surface area contributed by atoms with E-state index in [-0.39, 0.29) is 24.1 Å². The number of halogens is 1. The van der Waals surface area contributed by atoms with Crippen molar-refractivity contribution in [3.8, 4) is 28.7 Å². The maximum atomic E-state index is 15.0. The van der Waals surface area contributed by atoms with Gasteiger partial charge in [0.1, 0.15) is 40.7 Å². The molecule has 0 amide bonds. The summed E-state index contributed by atoms with van der Waals surface area (Å²) in [5, 5.41) is 9.83. The second-order valence-electron chi connectivity index (χ2n) is 10.6. The topological polar surface area (TPSA) is 83.5 Å². The molecule has 3 aromatic carbocycles.